The maximum absolute atomic E-state index is 5.60. The average molecular weight is 238 g/mol. The zero-order chi connectivity index (χ0) is 11.7. The van der Waals surface area contributed by atoms with Crippen molar-refractivity contribution in [3.63, 3.8) is 0 Å². The molecule has 2 aliphatic heterocycles. The summed E-state index contributed by atoms with van der Waals surface area (Å²) in [7, 11) is 0. The predicted octanol–water partition coefficient (Wildman–Crippen LogP) is 1.39. The Balaban J connectivity index is 1.39. The van der Waals surface area contributed by atoms with Crippen molar-refractivity contribution in [2.45, 2.75) is 44.8 Å². The van der Waals surface area contributed by atoms with Crippen LogP contribution in [0.25, 0.3) is 0 Å². The molecular weight excluding hydrogens is 212 g/mol. The van der Waals surface area contributed by atoms with Crippen LogP contribution in [0.3, 0.4) is 0 Å². The van der Waals surface area contributed by atoms with E-state index >= 15 is 0 Å². The molecule has 2 N–H and O–H groups in total. The van der Waals surface area contributed by atoms with Crippen LogP contribution in [-0.2, 0) is 4.74 Å². The summed E-state index contributed by atoms with van der Waals surface area (Å²) in [5, 5.41) is 7.37. The van der Waals surface area contributed by atoms with Gasteiger partial charge in [0, 0.05) is 25.7 Å². The molecule has 17 heavy (non-hydrogen) atoms. The van der Waals surface area contributed by atoms with E-state index in [2.05, 4.69) is 17.6 Å². The maximum atomic E-state index is 5.60. The molecule has 1 aliphatic carbocycles. The highest BCUT2D eigenvalue weighted by atomic mass is 16.5. The van der Waals surface area contributed by atoms with E-state index in [-0.39, 0.29) is 0 Å². The van der Waals surface area contributed by atoms with Crippen LogP contribution in [0.5, 0.6) is 0 Å². The number of hydrogen-bond acceptors (Lipinski definition) is 3. The van der Waals surface area contributed by atoms with Crippen molar-refractivity contribution in [1.29, 1.82) is 0 Å². The molecule has 5 atom stereocenters. The van der Waals surface area contributed by atoms with E-state index in [1.165, 1.54) is 32.2 Å². The fourth-order valence-electron chi connectivity index (χ4n) is 3.99. The van der Waals surface area contributed by atoms with Gasteiger partial charge in [-0.05, 0) is 50.5 Å². The van der Waals surface area contributed by atoms with Gasteiger partial charge in [-0.15, -0.1) is 0 Å². The third-order valence-corrected chi connectivity index (χ3v) is 5.18. The smallest absolute Gasteiger partial charge is 0.0588 e. The van der Waals surface area contributed by atoms with Gasteiger partial charge in [0.05, 0.1) is 6.10 Å². The molecule has 0 spiro atoms. The van der Waals surface area contributed by atoms with Crippen LogP contribution in [0.4, 0.5) is 0 Å². The average Bonchev–Trinajstić information content (AvgIpc) is 2.98. The normalized spacial score (nSPS) is 45.4. The van der Waals surface area contributed by atoms with Crippen molar-refractivity contribution in [2.24, 2.45) is 17.8 Å². The van der Waals surface area contributed by atoms with Gasteiger partial charge in [-0.25, -0.2) is 0 Å². The SMILES string of the molecule is CC1OCCC1CNCC1NCC2CCCC21. The zero-order valence-electron chi connectivity index (χ0n) is 11.0. The standard InChI is InChI=1S/C14H26N2O/c1-10-11(5-6-17-10)7-15-9-14-13-4-2-3-12(13)8-16-14/h10-16H,2-9H2,1H3. The molecule has 3 heteroatoms. The van der Waals surface area contributed by atoms with E-state index in [9.17, 15) is 0 Å². The second-order valence-electron chi connectivity index (χ2n) is 6.15. The first-order valence-corrected chi connectivity index (χ1v) is 7.40. The van der Waals surface area contributed by atoms with Crippen LogP contribution < -0.4 is 10.6 Å². The molecule has 0 aromatic rings. The predicted molar refractivity (Wildman–Crippen MR) is 69.0 cm³/mol. The Morgan fingerprint density at radius 3 is 3.00 bits per heavy atom. The Morgan fingerprint density at radius 1 is 1.24 bits per heavy atom. The third kappa shape index (κ3) is 2.51. The first-order valence-electron chi connectivity index (χ1n) is 7.40. The lowest BCUT2D eigenvalue weighted by molar-refractivity contribution is 0.105. The van der Waals surface area contributed by atoms with Crippen LogP contribution in [0.15, 0.2) is 0 Å². The molecule has 3 aliphatic rings. The van der Waals surface area contributed by atoms with Crippen molar-refractivity contribution in [3.05, 3.63) is 0 Å². The second-order valence-corrected chi connectivity index (χ2v) is 6.15. The molecule has 0 bridgehead atoms. The van der Waals surface area contributed by atoms with Crippen LogP contribution in [0, 0.1) is 17.8 Å². The molecule has 0 aromatic carbocycles. The summed E-state index contributed by atoms with van der Waals surface area (Å²) in [5.41, 5.74) is 0. The van der Waals surface area contributed by atoms with Crippen molar-refractivity contribution in [1.82, 2.24) is 10.6 Å². The van der Waals surface area contributed by atoms with Gasteiger partial charge in [0.1, 0.15) is 0 Å². The molecular formula is C14H26N2O. The highest BCUT2D eigenvalue weighted by Crippen LogP contribution is 2.37. The number of hydrogen-bond donors (Lipinski definition) is 2. The summed E-state index contributed by atoms with van der Waals surface area (Å²) in [6, 6.07) is 0.736. The molecule has 3 fully saturated rings. The Bertz CT molecular complexity index is 259. The first kappa shape index (κ1) is 11.9. The lowest BCUT2D eigenvalue weighted by atomic mass is 9.94. The Kier molecular flexibility index (Phi) is 3.69. The summed E-state index contributed by atoms with van der Waals surface area (Å²) in [5.74, 6) is 2.67. The van der Waals surface area contributed by atoms with Gasteiger partial charge in [-0.1, -0.05) is 6.42 Å². The monoisotopic (exact) mass is 238 g/mol. The van der Waals surface area contributed by atoms with Gasteiger partial charge in [0.25, 0.3) is 0 Å². The van der Waals surface area contributed by atoms with E-state index in [0.717, 1.165) is 43.5 Å². The summed E-state index contributed by atoms with van der Waals surface area (Å²) >= 11 is 0. The van der Waals surface area contributed by atoms with Crippen LogP contribution in [0.2, 0.25) is 0 Å². The molecule has 2 saturated heterocycles. The highest BCUT2D eigenvalue weighted by molar-refractivity contribution is 4.95. The molecule has 1 saturated carbocycles. The Morgan fingerprint density at radius 2 is 2.18 bits per heavy atom. The molecule has 3 nitrogen and oxygen atoms in total. The summed E-state index contributed by atoms with van der Waals surface area (Å²) in [6.45, 7) is 6.72. The van der Waals surface area contributed by atoms with Gasteiger partial charge >= 0.3 is 0 Å². The summed E-state index contributed by atoms with van der Waals surface area (Å²) < 4.78 is 5.60. The van der Waals surface area contributed by atoms with Gasteiger partial charge < -0.3 is 15.4 Å². The Hall–Kier alpha value is -0.120. The molecule has 3 rings (SSSR count). The number of rotatable bonds is 4. The first-order chi connectivity index (χ1) is 8.34. The van der Waals surface area contributed by atoms with E-state index in [1.807, 2.05) is 0 Å². The topological polar surface area (TPSA) is 33.3 Å². The quantitative estimate of drug-likeness (QED) is 0.776. The number of nitrogens with one attached hydrogen (secondary N) is 2. The van der Waals surface area contributed by atoms with Crippen LogP contribution >= 0.6 is 0 Å². The van der Waals surface area contributed by atoms with Crippen molar-refractivity contribution in [2.75, 3.05) is 26.2 Å². The Labute approximate surface area is 105 Å². The zero-order valence-corrected chi connectivity index (χ0v) is 11.0. The fraction of sp³-hybridized carbons (Fsp3) is 1.00. The van der Waals surface area contributed by atoms with Crippen LogP contribution in [0.1, 0.15) is 32.6 Å². The van der Waals surface area contributed by atoms with Crippen molar-refractivity contribution in [3.8, 4) is 0 Å². The van der Waals surface area contributed by atoms with Gasteiger partial charge in [-0.3, -0.25) is 0 Å². The minimum absolute atomic E-state index is 0.457. The van der Waals surface area contributed by atoms with Gasteiger partial charge in [0.15, 0.2) is 0 Å². The largest absolute Gasteiger partial charge is 0.378 e. The van der Waals surface area contributed by atoms with E-state index in [0.29, 0.717) is 6.10 Å². The molecule has 98 valence electrons. The van der Waals surface area contributed by atoms with Crippen molar-refractivity contribution >= 4 is 0 Å². The third-order valence-electron chi connectivity index (χ3n) is 5.18. The van der Waals surface area contributed by atoms with E-state index in [4.69, 9.17) is 4.74 Å². The minimum Gasteiger partial charge on any atom is -0.378 e. The minimum atomic E-state index is 0.457. The number of ether oxygens (including phenoxy) is 1. The molecule has 0 amide bonds. The summed E-state index contributed by atoms with van der Waals surface area (Å²) in [4.78, 5) is 0. The van der Waals surface area contributed by atoms with Gasteiger partial charge in [0.2, 0.25) is 0 Å². The molecule has 5 unspecified atom stereocenters. The lowest BCUT2D eigenvalue weighted by Gasteiger charge is -2.21. The highest BCUT2D eigenvalue weighted by Gasteiger charge is 2.38. The number of fused-ring (bicyclic) bond motifs is 1. The second kappa shape index (κ2) is 5.25. The summed E-state index contributed by atoms with van der Waals surface area (Å²) in [6.07, 6.45) is 6.06. The van der Waals surface area contributed by atoms with E-state index < -0.39 is 0 Å². The maximum Gasteiger partial charge on any atom is 0.0588 e. The van der Waals surface area contributed by atoms with Crippen molar-refractivity contribution < 1.29 is 4.74 Å². The van der Waals surface area contributed by atoms with Gasteiger partial charge in [-0.2, -0.15) is 0 Å². The molecule has 0 radical (unpaired) electrons. The molecule has 0 aromatic heterocycles. The fourth-order valence-corrected chi connectivity index (χ4v) is 3.99. The lowest BCUT2D eigenvalue weighted by Crippen LogP contribution is -2.40. The van der Waals surface area contributed by atoms with E-state index in [1.54, 1.807) is 0 Å². The molecule has 2 heterocycles. The van der Waals surface area contributed by atoms with Crippen LogP contribution in [-0.4, -0.2) is 38.4 Å².